The van der Waals surface area contributed by atoms with Crippen LogP contribution in [0.25, 0.3) is 0 Å². The molecule has 2 aromatic carbocycles. The van der Waals surface area contributed by atoms with E-state index < -0.39 is 11.9 Å². The monoisotopic (exact) mass is 472 g/mol. The number of carbonyl (C=O) groups excluding carboxylic acids is 4. The van der Waals surface area contributed by atoms with Crippen molar-refractivity contribution >= 4 is 35.1 Å². The van der Waals surface area contributed by atoms with Gasteiger partial charge in [0.2, 0.25) is 17.7 Å². The highest BCUT2D eigenvalue weighted by molar-refractivity contribution is 6.22. The molecule has 2 aromatic rings. The first-order chi connectivity index (χ1) is 16.7. The van der Waals surface area contributed by atoms with E-state index in [-0.39, 0.29) is 42.5 Å². The van der Waals surface area contributed by atoms with Gasteiger partial charge >= 0.3 is 5.97 Å². The number of ether oxygens (including phenoxy) is 1. The quantitative estimate of drug-likeness (QED) is 0.290. The number of aryl methyl sites for hydroxylation is 3. The molecule has 3 atom stereocenters. The van der Waals surface area contributed by atoms with Crippen LogP contribution in [0.15, 0.2) is 48.6 Å². The Kier molecular flexibility index (Phi) is 5.79. The molecule has 7 heteroatoms. The predicted molar refractivity (Wildman–Crippen MR) is 131 cm³/mol. The van der Waals surface area contributed by atoms with Gasteiger partial charge in [-0.15, -0.1) is 0 Å². The van der Waals surface area contributed by atoms with Crippen molar-refractivity contribution < 1.29 is 23.9 Å². The zero-order chi connectivity index (χ0) is 24.9. The van der Waals surface area contributed by atoms with E-state index in [1.165, 1.54) is 4.90 Å². The normalized spacial score (nSPS) is 23.7. The number of anilines is 2. The van der Waals surface area contributed by atoms with Gasteiger partial charge < -0.3 is 9.64 Å². The molecule has 0 radical (unpaired) electrons. The summed E-state index contributed by atoms with van der Waals surface area (Å²) >= 11 is 0. The molecule has 1 aliphatic carbocycles. The van der Waals surface area contributed by atoms with Crippen LogP contribution in [0.5, 0.6) is 5.75 Å². The molecule has 0 aromatic heterocycles. The maximum Gasteiger partial charge on any atom is 0.316 e. The molecule has 3 amide bonds. The molecule has 5 rings (SSSR count). The maximum absolute atomic E-state index is 12.9. The van der Waals surface area contributed by atoms with Gasteiger partial charge in [-0.05, 0) is 80.6 Å². The second-order valence-corrected chi connectivity index (χ2v) is 9.79. The zero-order valence-corrected chi connectivity index (χ0v) is 20.1. The second-order valence-electron chi connectivity index (χ2n) is 9.79. The fraction of sp³-hybridized carbons (Fsp3) is 0.357. The summed E-state index contributed by atoms with van der Waals surface area (Å²) in [5.41, 5.74) is 4.09. The van der Waals surface area contributed by atoms with Gasteiger partial charge in [-0.3, -0.25) is 19.2 Å². The average Bonchev–Trinajstić information content (AvgIpc) is 3.32. The zero-order valence-electron chi connectivity index (χ0n) is 20.1. The Morgan fingerprint density at radius 1 is 0.886 bits per heavy atom. The van der Waals surface area contributed by atoms with Crippen molar-refractivity contribution in [2.24, 2.45) is 17.8 Å². The Labute approximate surface area is 204 Å². The van der Waals surface area contributed by atoms with Gasteiger partial charge in [0.05, 0.1) is 23.4 Å². The highest BCUT2D eigenvalue weighted by Gasteiger charge is 2.48. The SMILES string of the molecule is Cc1cc(C)cc(N2C[C@H](C(=O)Oc3ccc(N4C(=O)[C@H]5CC=CC[C@@H]5C4=O)c(C)c3)CC2=O)c1. The van der Waals surface area contributed by atoms with Crippen LogP contribution in [0.1, 0.15) is 36.0 Å². The smallest absolute Gasteiger partial charge is 0.316 e. The van der Waals surface area contributed by atoms with Gasteiger partial charge in [0.25, 0.3) is 0 Å². The summed E-state index contributed by atoms with van der Waals surface area (Å²) in [4.78, 5) is 54.2. The number of imide groups is 1. The van der Waals surface area contributed by atoms with E-state index in [4.69, 9.17) is 4.74 Å². The first-order valence-electron chi connectivity index (χ1n) is 12.0. The minimum atomic E-state index is -0.569. The molecule has 180 valence electrons. The number of hydrogen-bond acceptors (Lipinski definition) is 5. The number of benzene rings is 2. The van der Waals surface area contributed by atoms with E-state index >= 15 is 0 Å². The van der Waals surface area contributed by atoms with Crippen molar-refractivity contribution in [3.63, 3.8) is 0 Å². The standard InChI is InChI=1S/C28H28N2O5/c1-16-10-17(2)12-20(11-16)29-15-19(14-25(29)31)28(34)35-21-8-9-24(18(3)13-21)30-26(32)22-6-4-5-7-23(22)27(30)33/h4-5,8-13,19,22-23H,6-7,14-15H2,1-3H3/t19-,22+,23+/m1/s1. The van der Waals surface area contributed by atoms with Crippen LogP contribution < -0.4 is 14.5 Å². The summed E-state index contributed by atoms with van der Waals surface area (Å²) in [5.74, 6) is -1.77. The van der Waals surface area contributed by atoms with Gasteiger partial charge in [-0.25, -0.2) is 4.90 Å². The lowest BCUT2D eigenvalue weighted by Gasteiger charge is -2.19. The Balaban J connectivity index is 1.29. The molecule has 2 fully saturated rings. The number of carbonyl (C=O) groups is 4. The van der Waals surface area contributed by atoms with Crippen molar-refractivity contribution in [1.29, 1.82) is 0 Å². The average molecular weight is 473 g/mol. The molecule has 35 heavy (non-hydrogen) atoms. The number of amides is 3. The summed E-state index contributed by atoms with van der Waals surface area (Å²) in [6.07, 6.45) is 5.18. The first-order valence-corrected chi connectivity index (χ1v) is 12.0. The van der Waals surface area contributed by atoms with Crippen LogP contribution in [0.3, 0.4) is 0 Å². The van der Waals surface area contributed by atoms with Crippen molar-refractivity contribution in [2.75, 3.05) is 16.3 Å². The molecule has 0 bridgehead atoms. The van der Waals surface area contributed by atoms with Gasteiger partial charge in [0.15, 0.2) is 0 Å². The molecule has 0 unspecified atom stereocenters. The van der Waals surface area contributed by atoms with E-state index in [9.17, 15) is 19.2 Å². The molecule has 0 N–H and O–H groups in total. The van der Waals surface area contributed by atoms with Crippen LogP contribution in [-0.4, -0.2) is 30.2 Å². The third-order valence-electron chi connectivity index (χ3n) is 7.11. The molecular formula is C28H28N2O5. The summed E-state index contributed by atoms with van der Waals surface area (Å²) in [6.45, 7) is 6.01. The molecule has 3 aliphatic rings. The largest absolute Gasteiger partial charge is 0.426 e. The van der Waals surface area contributed by atoms with Crippen LogP contribution >= 0.6 is 0 Å². The molecule has 2 heterocycles. The predicted octanol–water partition coefficient (Wildman–Crippen LogP) is 4.03. The van der Waals surface area contributed by atoms with Gasteiger partial charge in [0, 0.05) is 18.7 Å². The third kappa shape index (κ3) is 4.16. The fourth-order valence-corrected chi connectivity index (χ4v) is 5.40. The minimum Gasteiger partial charge on any atom is -0.426 e. The fourth-order valence-electron chi connectivity index (χ4n) is 5.40. The van der Waals surface area contributed by atoms with E-state index in [1.807, 2.05) is 44.2 Å². The minimum absolute atomic E-state index is 0.0937. The Hall–Kier alpha value is -3.74. The number of rotatable bonds is 4. The number of hydrogen-bond donors (Lipinski definition) is 0. The molecule has 0 saturated carbocycles. The van der Waals surface area contributed by atoms with E-state index in [1.54, 1.807) is 30.0 Å². The number of fused-ring (bicyclic) bond motifs is 1. The van der Waals surface area contributed by atoms with Crippen LogP contribution in [0.2, 0.25) is 0 Å². The Morgan fingerprint density at radius 3 is 2.11 bits per heavy atom. The van der Waals surface area contributed by atoms with Crippen molar-refractivity contribution in [3.05, 3.63) is 65.2 Å². The van der Waals surface area contributed by atoms with Gasteiger partial charge in [-0.1, -0.05) is 18.2 Å². The lowest BCUT2D eigenvalue weighted by Crippen LogP contribution is -2.31. The molecule has 2 aliphatic heterocycles. The van der Waals surface area contributed by atoms with Crippen LogP contribution in [0, 0.1) is 38.5 Å². The topological polar surface area (TPSA) is 84.0 Å². The van der Waals surface area contributed by atoms with Crippen molar-refractivity contribution in [2.45, 2.75) is 40.0 Å². The number of allylic oxidation sites excluding steroid dienone is 2. The lowest BCUT2D eigenvalue weighted by molar-refractivity contribution is -0.139. The summed E-state index contributed by atoms with van der Waals surface area (Å²) < 4.78 is 5.61. The maximum atomic E-state index is 12.9. The van der Waals surface area contributed by atoms with E-state index in [0.717, 1.165) is 16.8 Å². The highest BCUT2D eigenvalue weighted by Crippen LogP contribution is 2.39. The van der Waals surface area contributed by atoms with Crippen LogP contribution in [-0.2, 0) is 19.2 Å². The molecule has 0 spiro atoms. The van der Waals surface area contributed by atoms with Gasteiger partial charge in [0.1, 0.15) is 5.75 Å². The van der Waals surface area contributed by atoms with Crippen LogP contribution in [0.4, 0.5) is 11.4 Å². The molecule has 7 nitrogen and oxygen atoms in total. The Morgan fingerprint density at radius 2 is 1.51 bits per heavy atom. The van der Waals surface area contributed by atoms with E-state index in [0.29, 0.717) is 29.8 Å². The first kappa shape index (κ1) is 23.0. The van der Waals surface area contributed by atoms with Crippen molar-refractivity contribution in [3.8, 4) is 5.75 Å². The third-order valence-corrected chi connectivity index (χ3v) is 7.11. The summed E-state index contributed by atoms with van der Waals surface area (Å²) in [6, 6.07) is 10.8. The Bertz CT molecular complexity index is 1230. The van der Waals surface area contributed by atoms with E-state index in [2.05, 4.69) is 0 Å². The number of esters is 1. The number of nitrogens with zero attached hydrogens (tertiary/aromatic N) is 2. The highest BCUT2D eigenvalue weighted by atomic mass is 16.5. The van der Waals surface area contributed by atoms with Gasteiger partial charge in [-0.2, -0.15) is 0 Å². The second kappa shape index (κ2) is 8.80. The summed E-state index contributed by atoms with van der Waals surface area (Å²) in [7, 11) is 0. The van der Waals surface area contributed by atoms with Crippen molar-refractivity contribution in [1.82, 2.24) is 0 Å². The summed E-state index contributed by atoms with van der Waals surface area (Å²) in [5, 5.41) is 0. The molecule has 2 saturated heterocycles. The molecular weight excluding hydrogens is 444 g/mol. The lowest BCUT2D eigenvalue weighted by atomic mass is 9.85.